The minimum absolute atomic E-state index is 0.185. The van der Waals surface area contributed by atoms with E-state index in [1.165, 1.54) is 0 Å². The fourth-order valence-electron chi connectivity index (χ4n) is 4.28. The van der Waals surface area contributed by atoms with Gasteiger partial charge in [0.15, 0.2) is 0 Å². The van der Waals surface area contributed by atoms with E-state index < -0.39 is 5.92 Å². The van der Waals surface area contributed by atoms with E-state index in [4.69, 9.17) is 4.74 Å². The Morgan fingerprint density at radius 1 is 1.06 bits per heavy atom. The van der Waals surface area contributed by atoms with Crippen molar-refractivity contribution in [2.24, 2.45) is 0 Å². The van der Waals surface area contributed by atoms with Gasteiger partial charge in [0.1, 0.15) is 29.0 Å². The van der Waals surface area contributed by atoms with Crippen LogP contribution >= 0.6 is 0 Å². The minimum atomic E-state index is -2.63. The van der Waals surface area contributed by atoms with Gasteiger partial charge in [-0.1, -0.05) is 0 Å². The Morgan fingerprint density at radius 3 is 2.73 bits per heavy atom. The summed E-state index contributed by atoms with van der Waals surface area (Å²) in [7, 11) is 0. The summed E-state index contributed by atoms with van der Waals surface area (Å²) < 4.78 is 32.6. The summed E-state index contributed by atoms with van der Waals surface area (Å²) in [5, 5.41) is 9.40. The summed E-state index contributed by atoms with van der Waals surface area (Å²) in [5.41, 5.74) is 4.27. The number of benzene rings is 1. The van der Waals surface area contributed by atoms with E-state index in [0.29, 0.717) is 11.6 Å². The van der Waals surface area contributed by atoms with Crippen LogP contribution in [0.5, 0.6) is 5.75 Å². The molecule has 1 saturated heterocycles. The van der Waals surface area contributed by atoms with Crippen molar-refractivity contribution in [1.82, 2.24) is 25.1 Å². The second-order valence-electron chi connectivity index (χ2n) is 8.30. The Hall–Kier alpha value is -4.01. The van der Waals surface area contributed by atoms with Crippen LogP contribution in [0.4, 0.5) is 14.6 Å². The van der Waals surface area contributed by atoms with Gasteiger partial charge < -0.3 is 14.6 Å². The van der Waals surface area contributed by atoms with Crippen LogP contribution in [0.1, 0.15) is 18.6 Å². The molecule has 5 heterocycles. The molecule has 166 valence electrons. The van der Waals surface area contributed by atoms with E-state index in [2.05, 4.69) is 25.1 Å². The molecule has 5 aromatic rings. The Morgan fingerprint density at radius 2 is 1.94 bits per heavy atom. The Bertz CT molecular complexity index is 1450. The molecule has 9 heteroatoms. The standard InChI is InChI=1S/C24H20F2N6O/c1-14(17-6-8-27-23-18(17)7-9-28-23)33-16-3-4-20-19(10-16)22(31-30-20)15-2-5-21(29-11-15)32-12-24(25,26)13-32/h2-11,14H,12-13H2,1H3,(H,27,28)(H,30,31)/t14-/m1/s1. The van der Waals surface area contributed by atoms with Crippen molar-refractivity contribution in [3.05, 3.63) is 66.6 Å². The lowest BCUT2D eigenvalue weighted by atomic mass is 10.1. The number of nitrogens with one attached hydrogen (secondary N) is 2. The van der Waals surface area contributed by atoms with Crippen LogP contribution in [0.25, 0.3) is 33.2 Å². The third-order valence-corrected chi connectivity index (χ3v) is 5.97. The van der Waals surface area contributed by atoms with Gasteiger partial charge >= 0.3 is 0 Å². The van der Waals surface area contributed by atoms with Crippen LogP contribution in [0.15, 0.2) is 61.1 Å². The normalized spacial score (nSPS) is 16.2. The summed E-state index contributed by atoms with van der Waals surface area (Å²) in [4.78, 5) is 13.4. The number of halogens is 2. The zero-order chi connectivity index (χ0) is 22.6. The molecule has 7 nitrogen and oxygen atoms in total. The molecule has 1 aliphatic rings. The molecule has 1 atom stereocenters. The molecule has 0 amide bonds. The first-order valence-corrected chi connectivity index (χ1v) is 10.6. The predicted octanol–water partition coefficient (Wildman–Crippen LogP) is 5.10. The van der Waals surface area contributed by atoms with Crippen molar-refractivity contribution in [2.45, 2.75) is 19.0 Å². The molecule has 1 aromatic carbocycles. The number of aromatic nitrogens is 5. The molecule has 6 rings (SSSR count). The maximum absolute atomic E-state index is 13.1. The van der Waals surface area contributed by atoms with E-state index in [9.17, 15) is 8.78 Å². The van der Waals surface area contributed by atoms with Crippen molar-refractivity contribution in [1.29, 1.82) is 0 Å². The van der Waals surface area contributed by atoms with Gasteiger partial charge in [0, 0.05) is 40.5 Å². The number of H-pyrrole nitrogens is 2. The van der Waals surface area contributed by atoms with Gasteiger partial charge in [-0.15, -0.1) is 0 Å². The van der Waals surface area contributed by atoms with Gasteiger partial charge in [-0.25, -0.2) is 18.7 Å². The second kappa shape index (κ2) is 7.26. The van der Waals surface area contributed by atoms with Crippen LogP contribution in [-0.4, -0.2) is 44.2 Å². The molecular weight excluding hydrogens is 426 g/mol. The summed E-state index contributed by atoms with van der Waals surface area (Å²) >= 11 is 0. The van der Waals surface area contributed by atoms with E-state index in [0.717, 1.165) is 38.8 Å². The number of pyridine rings is 2. The third-order valence-electron chi connectivity index (χ3n) is 5.97. The van der Waals surface area contributed by atoms with Crippen LogP contribution in [0.2, 0.25) is 0 Å². The lowest BCUT2D eigenvalue weighted by Gasteiger charge is -2.39. The number of hydrogen-bond donors (Lipinski definition) is 2. The first kappa shape index (κ1) is 19.7. The van der Waals surface area contributed by atoms with Crippen molar-refractivity contribution in [2.75, 3.05) is 18.0 Å². The second-order valence-corrected chi connectivity index (χ2v) is 8.30. The number of anilines is 1. The number of alkyl halides is 2. The molecule has 0 unspecified atom stereocenters. The molecule has 4 aromatic heterocycles. The Kier molecular flexibility index (Phi) is 4.33. The zero-order valence-corrected chi connectivity index (χ0v) is 17.7. The highest BCUT2D eigenvalue weighted by Gasteiger charge is 2.44. The SMILES string of the molecule is C[C@@H](Oc1ccc2[nH]nc(-c3ccc(N4CC(F)(F)C4)nc3)c2c1)c1ccnc2[nH]ccc12. The van der Waals surface area contributed by atoms with Crippen LogP contribution in [0, 0.1) is 0 Å². The van der Waals surface area contributed by atoms with Crippen molar-refractivity contribution < 1.29 is 13.5 Å². The first-order chi connectivity index (χ1) is 16.0. The average molecular weight is 446 g/mol. The molecule has 33 heavy (non-hydrogen) atoms. The minimum Gasteiger partial charge on any atom is -0.486 e. The van der Waals surface area contributed by atoms with Crippen LogP contribution in [-0.2, 0) is 0 Å². The number of fused-ring (bicyclic) bond motifs is 2. The molecule has 0 spiro atoms. The molecule has 2 N–H and O–H groups in total. The summed E-state index contributed by atoms with van der Waals surface area (Å²) in [5.74, 6) is -1.38. The van der Waals surface area contributed by atoms with Crippen molar-refractivity contribution in [3.8, 4) is 17.0 Å². The van der Waals surface area contributed by atoms with Gasteiger partial charge in [0.25, 0.3) is 5.92 Å². The van der Waals surface area contributed by atoms with Gasteiger partial charge in [0.2, 0.25) is 0 Å². The van der Waals surface area contributed by atoms with Gasteiger partial charge in [-0.3, -0.25) is 5.10 Å². The number of hydrogen-bond acceptors (Lipinski definition) is 5. The van der Waals surface area contributed by atoms with Crippen molar-refractivity contribution in [3.63, 3.8) is 0 Å². The number of nitrogens with zero attached hydrogens (tertiary/aromatic N) is 4. The number of aromatic amines is 2. The van der Waals surface area contributed by atoms with Crippen LogP contribution < -0.4 is 9.64 Å². The highest BCUT2D eigenvalue weighted by Crippen LogP contribution is 2.34. The van der Waals surface area contributed by atoms with E-state index in [1.807, 2.05) is 49.5 Å². The highest BCUT2D eigenvalue weighted by molar-refractivity contribution is 5.93. The summed E-state index contributed by atoms with van der Waals surface area (Å²) in [6.07, 6.45) is 5.11. The lowest BCUT2D eigenvalue weighted by Crippen LogP contribution is -2.56. The number of ether oxygens (including phenoxy) is 1. The number of rotatable bonds is 5. The molecular formula is C24H20F2N6O. The topological polar surface area (TPSA) is 82.7 Å². The smallest absolute Gasteiger partial charge is 0.282 e. The van der Waals surface area contributed by atoms with Crippen LogP contribution in [0.3, 0.4) is 0 Å². The average Bonchev–Trinajstić information content (AvgIpc) is 3.44. The zero-order valence-electron chi connectivity index (χ0n) is 17.7. The monoisotopic (exact) mass is 446 g/mol. The van der Waals surface area contributed by atoms with Gasteiger partial charge in [-0.05, 0) is 49.4 Å². The first-order valence-electron chi connectivity index (χ1n) is 10.6. The fourth-order valence-corrected chi connectivity index (χ4v) is 4.28. The summed E-state index contributed by atoms with van der Waals surface area (Å²) in [6.45, 7) is 1.41. The van der Waals surface area contributed by atoms with Crippen molar-refractivity contribution >= 4 is 27.8 Å². The molecule has 0 aliphatic carbocycles. The third kappa shape index (κ3) is 3.45. The van der Waals surface area contributed by atoms with E-state index in [-0.39, 0.29) is 19.2 Å². The lowest BCUT2D eigenvalue weighted by molar-refractivity contribution is -0.0266. The maximum Gasteiger partial charge on any atom is 0.282 e. The molecule has 0 bridgehead atoms. The quantitative estimate of drug-likeness (QED) is 0.393. The van der Waals surface area contributed by atoms with E-state index in [1.54, 1.807) is 23.4 Å². The molecule has 0 radical (unpaired) electrons. The fraction of sp³-hybridized carbons (Fsp3) is 0.208. The maximum atomic E-state index is 13.1. The summed E-state index contributed by atoms with van der Waals surface area (Å²) in [6, 6.07) is 13.3. The molecule has 0 saturated carbocycles. The van der Waals surface area contributed by atoms with Gasteiger partial charge in [-0.2, -0.15) is 5.10 Å². The molecule has 1 aliphatic heterocycles. The Balaban J connectivity index is 1.27. The van der Waals surface area contributed by atoms with Gasteiger partial charge in [0.05, 0.1) is 18.6 Å². The molecule has 1 fully saturated rings. The largest absolute Gasteiger partial charge is 0.486 e. The highest BCUT2D eigenvalue weighted by atomic mass is 19.3. The van der Waals surface area contributed by atoms with E-state index >= 15 is 0 Å². The Labute approximate surface area is 187 Å². The predicted molar refractivity (Wildman–Crippen MR) is 122 cm³/mol.